The number of aromatic nitrogens is 3. The maximum Gasteiger partial charge on any atom is 0.300 e. The Bertz CT molecular complexity index is 865. The highest BCUT2D eigenvalue weighted by Crippen LogP contribution is 2.29. The summed E-state index contributed by atoms with van der Waals surface area (Å²) in [4.78, 5) is 22.6. The third-order valence-corrected chi connectivity index (χ3v) is 3.29. The third kappa shape index (κ3) is 3.30. The Morgan fingerprint density at radius 2 is 2.13 bits per heavy atom. The highest BCUT2D eigenvalue weighted by atomic mass is 16.5. The van der Waals surface area contributed by atoms with E-state index in [1.807, 2.05) is 36.3 Å². The normalized spacial score (nSPS) is 10.2. The van der Waals surface area contributed by atoms with Gasteiger partial charge in [0.05, 0.1) is 12.3 Å². The Morgan fingerprint density at radius 1 is 1.30 bits per heavy atom. The molecule has 114 valence electrons. The summed E-state index contributed by atoms with van der Waals surface area (Å²) in [5, 5.41) is 3.20. The van der Waals surface area contributed by atoms with Crippen molar-refractivity contribution in [1.82, 2.24) is 15.0 Å². The van der Waals surface area contributed by atoms with E-state index in [4.69, 9.17) is 11.2 Å². The SMILES string of the molecule is C#CC(=O)Nc1c[nH]c2ncnc(OCCc3ccccc3)c12. The van der Waals surface area contributed by atoms with Crippen LogP contribution in [-0.2, 0) is 11.2 Å². The van der Waals surface area contributed by atoms with Crippen LogP contribution in [0.4, 0.5) is 5.69 Å². The topological polar surface area (TPSA) is 79.9 Å². The van der Waals surface area contributed by atoms with Crippen LogP contribution < -0.4 is 10.1 Å². The second-order valence-corrected chi connectivity index (χ2v) is 4.79. The molecule has 0 aliphatic rings. The minimum Gasteiger partial charge on any atom is -0.477 e. The van der Waals surface area contributed by atoms with Crippen LogP contribution in [-0.4, -0.2) is 27.5 Å². The molecule has 0 spiro atoms. The summed E-state index contributed by atoms with van der Waals surface area (Å²) in [7, 11) is 0. The van der Waals surface area contributed by atoms with Crippen molar-refractivity contribution >= 4 is 22.6 Å². The van der Waals surface area contributed by atoms with Gasteiger partial charge in [0.1, 0.15) is 17.4 Å². The van der Waals surface area contributed by atoms with Crippen molar-refractivity contribution in [2.75, 3.05) is 11.9 Å². The molecule has 0 aliphatic heterocycles. The fourth-order valence-electron chi connectivity index (χ4n) is 2.21. The van der Waals surface area contributed by atoms with Crippen molar-refractivity contribution in [1.29, 1.82) is 0 Å². The second-order valence-electron chi connectivity index (χ2n) is 4.79. The quantitative estimate of drug-likeness (QED) is 0.708. The minimum atomic E-state index is -0.537. The molecule has 1 amide bonds. The number of nitrogens with zero attached hydrogens (tertiary/aromatic N) is 2. The summed E-state index contributed by atoms with van der Waals surface area (Å²) >= 11 is 0. The predicted molar refractivity (Wildman–Crippen MR) is 87.0 cm³/mol. The van der Waals surface area contributed by atoms with Crippen LogP contribution in [0.3, 0.4) is 0 Å². The van der Waals surface area contributed by atoms with Gasteiger partial charge in [-0.1, -0.05) is 30.3 Å². The van der Waals surface area contributed by atoms with E-state index in [9.17, 15) is 4.79 Å². The summed E-state index contributed by atoms with van der Waals surface area (Å²) in [6, 6.07) is 10.0. The monoisotopic (exact) mass is 306 g/mol. The number of carbonyl (C=O) groups excluding carboxylic acids is 1. The molecule has 0 aliphatic carbocycles. The summed E-state index contributed by atoms with van der Waals surface area (Å²) in [6.07, 6.45) is 8.85. The lowest BCUT2D eigenvalue weighted by Crippen LogP contribution is -2.08. The van der Waals surface area contributed by atoms with Gasteiger partial charge in [-0.05, 0) is 11.5 Å². The number of fused-ring (bicyclic) bond motifs is 1. The van der Waals surface area contributed by atoms with E-state index in [2.05, 4.69) is 20.3 Å². The number of nitrogens with one attached hydrogen (secondary N) is 2. The van der Waals surface area contributed by atoms with Gasteiger partial charge in [-0.2, -0.15) is 0 Å². The van der Waals surface area contributed by atoms with Crippen molar-refractivity contribution in [2.45, 2.75) is 6.42 Å². The Labute approximate surface area is 132 Å². The highest BCUT2D eigenvalue weighted by Gasteiger charge is 2.13. The van der Waals surface area contributed by atoms with Gasteiger partial charge in [-0.3, -0.25) is 4.79 Å². The first-order valence-corrected chi connectivity index (χ1v) is 7.04. The van der Waals surface area contributed by atoms with Gasteiger partial charge in [-0.15, -0.1) is 6.42 Å². The largest absolute Gasteiger partial charge is 0.477 e. The molecule has 1 aromatic carbocycles. The number of H-pyrrole nitrogens is 1. The van der Waals surface area contributed by atoms with Crippen LogP contribution in [0.1, 0.15) is 5.56 Å². The van der Waals surface area contributed by atoms with Gasteiger partial charge in [0, 0.05) is 12.6 Å². The molecule has 0 saturated carbocycles. The molecule has 0 unspecified atom stereocenters. The van der Waals surface area contributed by atoms with E-state index in [-0.39, 0.29) is 0 Å². The van der Waals surface area contributed by atoms with Crippen LogP contribution in [0.25, 0.3) is 11.0 Å². The van der Waals surface area contributed by atoms with Gasteiger partial charge in [0.15, 0.2) is 0 Å². The first kappa shape index (κ1) is 14.6. The maximum atomic E-state index is 11.4. The fraction of sp³-hybridized carbons (Fsp3) is 0.118. The average Bonchev–Trinajstić information content (AvgIpc) is 2.99. The molecule has 3 rings (SSSR count). The summed E-state index contributed by atoms with van der Waals surface area (Å²) in [5.41, 5.74) is 2.24. The van der Waals surface area contributed by atoms with Gasteiger partial charge in [0.2, 0.25) is 5.88 Å². The van der Waals surface area contributed by atoms with E-state index < -0.39 is 5.91 Å². The lowest BCUT2D eigenvalue weighted by atomic mass is 10.2. The van der Waals surface area contributed by atoms with E-state index in [0.717, 1.165) is 6.42 Å². The van der Waals surface area contributed by atoms with Crippen molar-refractivity contribution in [3.8, 4) is 18.2 Å². The molecule has 0 bridgehead atoms. The van der Waals surface area contributed by atoms with Crippen LogP contribution >= 0.6 is 0 Å². The third-order valence-electron chi connectivity index (χ3n) is 3.29. The van der Waals surface area contributed by atoms with Gasteiger partial charge in [0.25, 0.3) is 5.91 Å². The van der Waals surface area contributed by atoms with E-state index in [0.29, 0.717) is 29.2 Å². The molecule has 0 fully saturated rings. The van der Waals surface area contributed by atoms with E-state index in [1.165, 1.54) is 11.9 Å². The Hall–Kier alpha value is -3.33. The lowest BCUT2D eigenvalue weighted by molar-refractivity contribution is -0.111. The average molecular weight is 306 g/mol. The standard InChI is InChI=1S/C17H14N4O2/c1-2-14(22)21-13-10-18-16-15(13)17(20-11-19-16)23-9-8-12-6-4-3-5-7-12/h1,3-7,10-11H,8-9H2,(H,21,22)(H,18,19,20). The number of amides is 1. The van der Waals surface area contributed by atoms with Gasteiger partial charge < -0.3 is 15.0 Å². The van der Waals surface area contributed by atoms with Crippen LogP contribution in [0.15, 0.2) is 42.9 Å². The number of hydrogen-bond acceptors (Lipinski definition) is 4. The molecule has 23 heavy (non-hydrogen) atoms. The molecule has 0 atom stereocenters. The van der Waals surface area contributed by atoms with E-state index in [1.54, 1.807) is 6.20 Å². The molecule has 6 heteroatoms. The van der Waals surface area contributed by atoms with Gasteiger partial charge in [-0.25, -0.2) is 9.97 Å². The molecule has 2 heterocycles. The number of terminal acetylenes is 1. The van der Waals surface area contributed by atoms with Gasteiger partial charge >= 0.3 is 0 Å². The number of benzene rings is 1. The number of hydrogen-bond donors (Lipinski definition) is 2. The molecule has 2 N–H and O–H groups in total. The van der Waals surface area contributed by atoms with Crippen molar-refractivity contribution in [3.05, 3.63) is 48.4 Å². The summed E-state index contributed by atoms with van der Waals surface area (Å²) < 4.78 is 5.76. The maximum absolute atomic E-state index is 11.4. The fourth-order valence-corrected chi connectivity index (χ4v) is 2.21. The molecule has 3 aromatic rings. The van der Waals surface area contributed by atoms with Crippen LogP contribution in [0, 0.1) is 12.3 Å². The van der Waals surface area contributed by atoms with Crippen LogP contribution in [0.2, 0.25) is 0 Å². The Kier molecular flexibility index (Phi) is 4.20. The number of carbonyl (C=O) groups is 1. The highest BCUT2D eigenvalue weighted by molar-refractivity contribution is 6.09. The Morgan fingerprint density at radius 3 is 2.91 bits per heavy atom. The summed E-state index contributed by atoms with van der Waals surface area (Å²) in [6.45, 7) is 0.462. The predicted octanol–water partition coefficient (Wildman–Crippen LogP) is 2.15. The minimum absolute atomic E-state index is 0.402. The molecule has 0 saturated heterocycles. The number of ether oxygens (including phenoxy) is 1. The van der Waals surface area contributed by atoms with Crippen molar-refractivity contribution in [2.24, 2.45) is 0 Å². The molecule has 2 aromatic heterocycles. The van der Waals surface area contributed by atoms with Crippen LogP contribution in [0.5, 0.6) is 5.88 Å². The zero-order chi connectivity index (χ0) is 16.1. The molecular weight excluding hydrogens is 292 g/mol. The van der Waals surface area contributed by atoms with Crippen molar-refractivity contribution in [3.63, 3.8) is 0 Å². The smallest absolute Gasteiger partial charge is 0.300 e. The zero-order valence-corrected chi connectivity index (χ0v) is 12.2. The lowest BCUT2D eigenvalue weighted by Gasteiger charge is -2.07. The van der Waals surface area contributed by atoms with Crippen molar-refractivity contribution < 1.29 is 9.53 Å². The molecule has 6 nitrogen and oxygen atoms in total. The number of anilines is 1. The zero-order valence-electron chi connectivity index (χ0n) is 12.2. The first-order valence-electron chi connectivity index (χ1n) is 7.04. The second kappa shape index (κ2) is 6.62. The van der Waals surface area contributed by atoms with E-state index >= 15 is 0 Å². The first-order chi connectivity index (χ1) is 11.3. The molecule has 0 radical (unpaired) electrons. The number of aromatic amines is 1. The number of rotatable bonds is 5. The Balaban J connectivity index is 1.78. The molecular formula is C17H14N4O2. The summed E-state index contributed by atoms with van der Waals surface area (Å²) in [5.74, 6) is 1.87.